The van der Waals surface area contributed by atoms with Crippen molar-refractivity contribution < 1.29 is 4.39 Å². The number of rotatable bonds is 6. The molecule has 162 valence electrons. The fraction of sp³-hybridized carbons (Fsp3) is 0.571. The van der Waals surface area contributed by atoms with Crippen molar-refractivity contribution >= 4 is 11.6 Å². The Morgan fingerprint density at radius 2 is 1.27 bits per heavy atom. The van der Waals surface area contributed by atoms with Crippen LogP contribution in [0.5, 0.6) is 0 Å². The predicted molar refractivity (Wildman–Crippen MR) is 127 cm³/mol. The van der Waals surface area contributed by atoms with Crippen LogP contribution in [0, 0.1) is 23.6 Å². The zero-order valence-electron chi connectivity index (χ0n) is 18.4. The average molecular weight is 427 g/mol. The first-order valence-electron chi connectivity index (χ1n) is 12.2. The molecule has 0 spiro atoms. The highest BCUT2D eigenvalue weighted by Gasteiger charge is 2.25. The van der Waals surface area contributed by atoms with Gasteiger partial charge >= 0.3 is 0 Å². The average Bonchev–Trinajstić information content (AvgIpc) is 2.80. The third kappa shape index (κ3) is 5.47. The van der Waals surface area contributed by atoms with Gasteiger partial charge in [0.25, 0.3) is 0 Å². The van der Waals surface area contributed by atoms with E-state index in [1.807, 2.05) is 6.07 Å². The molecule has 30 heavy (non-hydrogen) atoms. The molecule has 2 aromatic carbocycles. The highest BCUT2D eigenvalue weighted by molar-refractivity contribution is 6.30. The van der Waals surface area contributed by atoms with Crippen molar-refractivity contribution in [3.63, 3.8) is 0 Å². The number of halogens is 2. The Hall–Kier alpha value is -1.34. The van der Waals surface area contributed by atoms with Crippen molar-refractivity contribution in [2.45, 2.75) is 83.5 Å². The Labute approximate surface area is 187 Å². The highest BCUT2D eigenvalue weighted by atomic mass is 35.5. The van der Waals surface area contributed by atoms with Crippen LogP contribution in [0.3, 0.4) is 0 Å². The smallest absolute Gasteiger partial charge is 0.142 e. The van der Waals surface area contributed by atoms with Crippen molar-refractivity contribution in [1.82, 2.24) is 0 Å². The molecule has 0 nitrogen and oxygen atoms in total. The van der Waals surface area contributed by atoms with Gasteiger partial charge < -0.3 is 0 Å². The van der Waals surface area contributed by atoms with Crippen molar-refractivity contribution in [3.8, 4) is 11.1 Å². The lowest BCUT2D eigenvalue weighted by Crippen LogP contribution is -2.17. The third-order valence-electron chi connectivity index (χ3n) is 8.01. The lowest BCUT2D eigenvalue weighted by atomic mass is 9.74. The first-order valence-corrected chi connectivity index (χ1v) is 12.6. The van der Waals surface area contributed by atoms with E-state index in [9.17, 15) is 4.39 Å². The van der Waals surface area contributed by atoms with Crippen molar-refractivity contribution in [3.05, 3.63) is 58.9 Å². The molecule has 2 aliphatic carbocycles. The van der Waals surface area contributed by atoms with E-state index in [-0.39, 0.29) is 10.8 Å². The first kappa shape index (κ1) is 21.9. The topological polar surface area (TPSA) is 0 Å². The predicted octanol–water partition coefficient (Wildman–Crippen LogP) is 9.42. The quantitative estimate of drug-likeness (QED) is 0.431. The summed E-state index contributed by atoms with van der Waals surface area (Å²) < 4.78 is 13.8. The van der Waals surface area contributed by atoms with Gasteiger partial charge in [0.2, 0.25) is 0 Å². The van der Waals surface area contributed by atoms with E-state index in [4.69, 9.17) is 11.6 Å². The molecule has 0 aliphatic heterocycles. The summed E-state index contributed by atoms with van der Waals surface area (Å²) in [6, 6.07) is 13.8. The van der Waals surface area contributed by atoms with Gasteiger partial charge in [-0.05, 0) is 78.2 Å². The molecule has 0 aromatic heterocycles. The van der Waals surface area contributed by atoms with E-state index >= 15 is 0 Å². The highest BCUT2D eigenvalue weighted by Crippen LogP contribution is 2.40. The van der Waals surface area contributed by atoms with Crippen LogP contribution in [0.1, 0.15) is 89.0 Å². The zero-order valence-corrected chi connectivity index (χ0v) is 19.1. The molecule has 0 radical (unpaired) electrons. The van der Waals surface area contributed by atoms with Gasteiger partial charge in [-0.2, -0.15) is 0 Å². The minimum atomic E-state index is -0.352. The van der Waals surface area contributed by atoms with Gasteiger partial charge in [-0.3, -0.25) is 0 Å². The van der Waals surface area contributed by atoms with Crippen LogP contribution in [0.15, 0.2) is 42.5 Å². The normalized spacial score (nSPS) is 27.2. The molecule has 0 bridgehead atoms. The zero-order chi connectivity index (χ0) is 20.9. The van der Waals surface area contributed by atoms with Gasteiger partial charge in [-0.25, -0.2) is 4.39 Å². The molecule has 0 heterocycles. The van der Waals surface area contributed by atoms with Crippen LogP contribution in [-0.2, 0) is 0 Å². The van der Waals surface area contributed by atoms with Crippen molar-refractivity contribution in [1.29, 1.82) is 0 Å². The second-order valence-electron chi connectivity index (χ2n) is 9.84. The number of hydrogen-bond acceptors (Lipinski definition) is 0. The summed E-state index contributed by atoms with van der Waals surface area (Å²) in [6.07, 6.45) is 15.7. The summed E-state index contributed by atoms with van der Waals surface area (Å²) in [6.45, 7) is 2.36. The fourth-order valence-electron chi connectivity index (χ4n) is 5.81. The molecule has 2 aliphatic rings. The maximum absolute atomic E-state index is 13.8. The molecule has 0 amide bonds. The van der Waals surface area contributed by atoms with Crippen molar-refractivity contribution in [2.75, 3.05) is 0 Å². The Morgan fingerprint density at radius 1 is 0.733 bits per heavy atom. The van der Waals surface area contributed by atoms with E-state index < -0.39 is 0 Å². The largest absolute Gasteiger partial charge is 0.205 e. The van der Waals surface area contributed by atoms with Gasteiger partial charge in [-0.15, -0.1) is 0 Å². The lowest BCUT2D eigenvalue weighted by molar-refractivity contribution is 0.227. The maximum Gasteiger partial charge on any atom is 0.142 e. The van der Waals surface area contributed by atoms with Crippen LogP contribution in [-0.4, -0.2) is 0 Å². The third-order valence-corrected chi connectivity index (χ3v) is 8.32. The molecule has 0 atom stereocenters. The SMILES string of the molecule is CC[C@H]1CC[C@H](CCC2CCC(c3ccc(-c4ccc(Cl)c(F)c4)cc3)CC2)CC1. The standard InChI is InChI=1S/C28H36ClF/c1-2-20-3-5-21(6-4-20)7-8-22-9-11-23(12-10-22)24-13-15-25(16-14-24)26-17-18-27(29)28(30)19-26/h13-23H,2-12H2,1H3/t20-,21-,22?,23?. The Balaban J connectivity index is 1.24. The molecule has 0 N–H and O–H groups in total. The molecule has 2 heteroatoms. The van der Waals surface area contributed by atoms with Crippen molar-refractivity contribution in [2.24, 2.45) is 17.8 Å². The van der Waals surface area contributed by atoms with Gasteiger partial charge in [0.15, 0.2) is 0 Å². The number of hydrogen-bond donors (Lipinski definition) is 0. The molecular weight excluding hydrogens is 391 g/mol. The minimum Gasteiger partial charge on any atom is -0.205 e. The van der Waals surface area contributed by atoms with E-state index in [0.717, 1.165) is 28.9 Å². The van der Waals surface area contributed by atoms with Gasteiger partial charge in [0.05, 0.1) is 5.02 Å². The summed E-state index contributed by atoms with van der Waals surface area (Å²) in [4.78, 5) is 0. The van der Waals surface area contributed by atoms with Gasteiger partial charge in [0.1, 0.15) is 5.82 Å². The van der Waals surface area contributed by atoms with Gasteiger partial charge in [0, 0.05) is 0 Å². The second-order valence-corrected chi connectivity index (χ2v) is 10.2. The molecule has 0 saturated heterocycles. The van der Waals surface area contributed by atoms with E-state index in [1.54, 1.807) is 6.07 Å². The minimum absolute atomic E-state index is 0.181. The van der Waals surface area contributed by atoms with Crippen LogP contribution >= 0.6 is 11.6 Å². The molecule has 2 fully saturated rings. The molecule has 0 unspecified atom stereocenters. The molecule has 2 saturated carbocycles. The molecule has 4 rings (SSSR count). The summed E-state index contributed by atoms with van der Waals surface area (Å²) in [7, 11) is 0. The van der Waals surface area contributed by atoms with Gasteiger partial charge in [-0.1, -0.05) is 93.8 Å². The Kier molecular flexibility index (Phi) is 7.52. The number of benzene rings is 2. The Morgan fingerprint density at radius 3 is 1.83 bits per heavy atom. The van der Waals surface area contributed by atoms with E-state index in [2.05, 4.69) is 31.2 Å². The summed E-state index contributed by atoms with van der Waals surface area (Å²) in [5.41, 5.74) is 3.39. The molecular formula is C28H36ClF. The second kappa shape index (κ2) is 10.3. The van der Waals surface area contributed by atoms with Crippen LogP contribution in [0.2, 0.25) is 5.02 Å². The summed E-state index contributed by atoms with van der Waals surface area (Å²) in [5, 5.41) is 0.181. The maximum atomic E-state index is 13.8. The Bertz CT molecular complexity index is 796. The summed E-state index contributed by atoms with van der Waals surface area (Å²) >= 11 is 5.81. The van der Waals surface area contributed by atoms with E-state index in [0.29, 0.717) is 5.92 Å². The lowest BCUT2D eigenvalue weighted by Gasteiger charge is -2.32. The summed E-state index contributed by atoms with van der Waals surface area (Å²) in [5.74, 6) is 3.31. The molecule has 2 aromatic rings. The van der Waals surface area contributed by atoms with Crippen LogP contribution in [0.4, 0.5) is 4.39 Å². The monoisotopic (exact) mass is 426 g/mol. The van der Waals surface area contributed by atoms with Crippen LogP contribution in [0.25, 0.3) is 11.1 Å². The fourth-order valence-corrected chi connectivity index (χ4v) is 5.93. The van der Waals surface area contributed by atoms with Crippen LogP contribution < -0.4 is 0 Å². The van der Waals surface area contributed by atoms with E-state index in [1.165, 1.54) is 82.3 Å². The first-order chi connectivity index (χ1) is 14.6.